The van der Waals surface area contributed by atoms with Gasteiger partial charge in [0.2, 0.25) is 0 Å². The zero-order chi connectivity index (χ0) is 25.0. The van der Waals surface area contributed by atoms with Gasteiger partial charge in [0, 0.05) is 18.0 Å². The number of allylic oxidation sites excluding steroid dienone is 6. The maximum absolute atomic E-state index is 13.9. The number of hydrogen-bond donors (Lipinski definition) is 1. The monoisotopic (exact) mass is 495 g/mol. The van der Waals surface area contributed by atoms with Crippen LogP contribution in [0.1, 0.15) is 49.3 Å². The van der Waals surface area contributed by atoms with Crippen LogP contribution in [0.25, 0.3) is 5.57 Å². The summed E-state index contributed by atoms with van der Waals surface area (Å²) in [7, 11) is 0. The van der Waals surface area contributed by atoms with Crippen molar-refractivity contribution in [3.63, 3.8) is 0 Å². The summed E-state index contributed by atoms with van der Waals surface area (Å²) >= 11 is 1.89. The first kappa shape index (κ1) is 24.3. The topological polar surface area (TPSA) is 35.6 Å². The second-order valence-electron chi connectivity index (χ2n) is 9.58. The van der Waals surface area contributed by atoms with E-state index in [-0.39, 0.29) is 5.91 Å². The molecule has 3 aliphatic rings. The molecule has 4 nitrogen and oxygen atoms in total. The molecule has 184 valence electrons. The Balaban J connectivity index is 1.41. The number of carbonyl (C=O) groups is 1. The van der Waals surface area contributed by atoms with E-state index in [0.717, 1.165) is 41.8 Å². The van der Waals surface area contributed by atoms with Gasteiger partial charge in [0.25, 0.3) is 5.91 Å². The van der Waals surface area contributed by atoms with Gasteiger partial charge in [0.1, 0.15) is 5.54 Å². The van der Waals surface area contributed by atoms with Crippen LogP contribution in [0.2, 0.25) is 0 Å². The molecule has 1 aliphatic carbocycles. The molecule has 1 atom stereocenters. The van der Waals surface area contributed by atoms with E-state index in [0.29, 0.717) is 12.4 Å². The van der Waals surface area contributed by atoms with Crippen LogP contribution in [-0.2, 0) is 16.9 Å². The molecule has 0 bridgehead atoms. The van der Waals surface area contributed by atoms with Crippen molar-refractivity contribution in [1.29, 1.82) is 0 Å². The average Bonchev–Trinajstić information content (AvgIpc) is 3.15. The molecule has 1 unspecified atom stereocenters. The van der Waals surface area contributed by atoms with Crippen LogP contribution in [0.5, 0.6) is 0 Å². The van der Waals surface area contributed by atoms with Crippen molar-refractivity contribution in [2.24, 2.45) is 0 Å². The van der Waals surface area contributed by atoms with E-state index in [9.17, 15) is 4.79 Å². The molecule has 2 saturated heterocycles. The smallest absolute Gasteiger partial charge is 0.258 e. The second kappa shape index (κ2) is 10.7. The van der Waals surface area contributed by atoms with Gasteiger partial charge in [-0.15, -0.1) is 0 Å². The largest absolute Gasteiger partial charge is 0.347 e. The van der Waals surface area contributed by atoms with Gasteiger partial charge in [-0.25, -0.2) is 0 Å². The van der Waals surface area contributed by atoms with Crippen molar-refractivity contribution in [2.75, 3.05) is 16.6 Å². The van der Waals surface area contributed by atoms with E-state index in [4.69, 9.17) is 0 Å². The molecule has 1 amide bonds. The van der Waals surface area contributed by atoms with Gasteiger partial charge >= 0.3 is 0 Å². The first-order valence-electron chi connectivity index (χ1n) is 12.7. The lowest BCUT2D eigenvalue weighted by Gasteiger charge is -2.28. The van der Waals surface area contributed by atoms with E-state index in [1.807, 2.05) is 31.0 Å². The van der Waals surface area contributed by atoms with E-state index in [1.165, 1.54) is 24.1 Å². The van der Waals surface area contributed by atoms with Crippen LogP contribution >= 0.6 is 11.9 Å². The van der Waals surface area contributed by atoms with Crippen LogP contribution in [0.3, 0.4) is 0 Å². The average molecular weight is 496 g/mol. The third-order valence-corrected chi connectivity index (χ3v) is 8.19. The molecule has 0 radical (unpaired) electrons. The fourth-order valence-electron chi connectivity index (χ4n) is 4.97. The fraction of sp³-hybridized carbons (Fsp3) is 0.290. The van der Waals surface area contributed by atoms with Gasteiger partial charge in [-0.2, -0.15) is 0 Å². The summed E-state index contributed by atoms with van der Waals surface area (Å²) in [5.74, 6) is 1.79. The first-order chi connectivity index (χ1) is 17.6. The number of carbonyl (C=O) groups excluding carboxylic acids is 1. The lowest BCUT2D eigenvalue weighted by molar-refractivity contribution is -0.132. The van der Waals surface area contributed by atoms with E-state index in [2.05, 4.69) is 88.7 Å². The van der Waals surface area contributed by atoms with Crippen molar-refractivity contribution in [3.05, 3.63) is 114 Å². The SMILES string of the molecule is C=C=C1NC(C)(c2cccc(C3=CCCC=CC=C3)c2)C(=O)N1Cc1cccc(N2CCCCS2)c1. The fourth-order valence-corrected chi connectivity index (χ4v) is 6.04. The number of nitrogens with zero attached hydrogens (tertiary/aromatic N) is 2. The summed E-state index contributed by atoms with van der Waals surface area (Å²) in [6.07, 6.45) is 15.3. The van der Waals surface area contributed by atoms with Crippen LogP contribution in [0, 0.1) is 0 Å². The molecule has 2 heterocycles. The van der Waals surface area contributed by atoms with E-state index >= 15 is 0 Å². The highest BCUT2D eigenvalue weighted by Crippen LogP contribution is 2.35. The quantitative estimate of drug-likeness (QED) is 0.370. The zero-order valence-electron chi connectivity index (χ0n) is 20.9. The summed E-state index contributed by atoms with van der Waals surface area (Å²) in [6, 6.07) is 16.8. The predicted molar refractivity (Wildman–Crippen MR) is 151 cm³/mol. The van der Waals surface area contributed by atoms with Crippen LogP contribution < -0.4 is 9.62 Å². The molecule has 5 heteroatoms. The van der Waals surface area contributed by atoms with Crippen molar-refractivity contribution < 1.29 is 4.79 Å². The Labute approximate surface area is 218 Å². The molecule has 2 aliphatic heterocycles. The van der Waals surface area contributed by atoms with Crippen molar-refractivity contribution in [3.8, 4) is 0 Å². The molecule has 0 saturated carbocycles. The lowest BCUT2D eigenvalue weighted by atomic mass is 9.89. The Hall–Kier alpha value is -3.40. The molecule has 2 aromatic carbocycles. The van der Waals surface area contributed by atoms with Gasteiger partial charge in [-0.05, 0) is 85.0 Å². The predicted octanol–water partition coefficient (Wildman–Crippen LogP) is 6.70. The summed E-state index contributed by atoms with van der Waals surface area (Å²) < 4.78 is 2.37. The highest BCUT2D eigenvalue weighted by Gasteiger charge is 2.46. The summed E-state index contributed by atoms with van der Waals surface area (Å²) in [4.78, 5) is 15.7. The van der Waals surface area contributed by atoms with Crippen molar-refractivity contribution in [1.82, 2.24) is 10.2 Å². The Bertz CT molecular complexity index is 1280. The van der Waals surface area contributed by atoms with Gasteiger partial charge in [0.15, 0.2) is 5.82 Å². The van der Waals surface area contributed by atoms with Gasteiger partial charge in [0.05, 0.1) is 6.54 Å². The Morgan fingerprint density at radius 2 is 2.00 bits per heavy atom. The highest BCUT2D eigenvalue weighted by molar-refractivity contribution is 8.00. The number of anilines is 1. The molecular formula is C31H33N3OS. The van der Waals surface area contributed by atoms with Gasteiger partial charge in [-0.3, -0.25) is 9.69 Å². The Morgan fingerprint density at radius 1 is 1.11 bits per heavy atom. The summed E-state index contributed by atoms with van der Waals surface area (Å²) in [6.45, 7) is 7.37. The molecule has 5 rings (SSSR count). The highest BCUT2D eigenvalue weighted by atomic mass is 32.2. The number of nitrogens with one attached hydrogen (secondary N) is 1. The van der Waals surface area contributed by atoms with Crippen LogP contribution in [-0.4, -0.2) is 23.1 Å². The van der Waals surface area contributed by atoms with Crippen molar-refractivity contribution >= 4 is 29.1 Å². The second-order valence-corrected chi connectivity index (χ2v) is 10.7. The molecule has 1 N–H and O–H groups in total. The van der Waals surface area contributed by atoms with E-state index < -0.39 is 5.54 Å². The number of amides is 1. The van der Waals surface area contributed by atoms with Gasteiger partial charge < -0.3 is 9.62 Å². The minimum Gasteiger partial charge on any atom is -0.347 e. The molecule has 36 heavy (non-hydrogen) atoms. The first-order valence-corrected chi connectivity index (χ1v) is 13.7. The summed E-state index contributed by atoms with van der Waals surface area (Å²) in [5.41, 5.74) is 7.62. The minimum atomic E-state index is -0.887. The minimum absolute atomic E-state index is 0.00803. The Kier molecular flexibility index (Phi) is 7.22. The number of rotatable bonds is 5. The van der Waals surface area contributed by atoms with Gasteiger partial charge in [-0.1, -0.05) is 73.0 Å². The third kappa shape index (κ3) is 4.95. The van der Waals surface area contributed by atoms with Crippen LogP contribution in [0.15, 0.2) is 97.0 Å². The van der Waals surface area contributed by atoms with Crippen LogP contribution in [0.4, 0.5) is 5.69 Å². The molecule has 0 aromatic heterocycles. The lowest BCUT2D eigenvalue weighted by Crippen LogP contribution is -2.40. The van der Waals surface area contributed by atoms with E-state index in [1.54, 1.807) is 4.90 Å². The number of benzene rings is 2. The standard InChI is InChI=1S/C31H33N3OS/c1-3-29-32-31(2,27-17-12-16-26(22-27)25-14-7-5-4-6-8-15-25)30(35)33(29)23-24-13-11-18-28(21-24)34-19-9-10-20-36-34/h4-5,7,11-18,21-22,32H,1,6,8-10,19-20,23H2,2H3. The normalized spacial score (nSPS) is 22.1. The molecular weight excluding hydrogens is 462 g/mol. The Morgan fingerprint density at radius 3 is 2.83 bits per heavy atom. The summed E-state index contributed by atoms with van der Waals surface area (Å²) in [5, 5.41) is 3.44. The molecule has 0 spiro atoms. The molecule has 2 aromatic rings. The third-order valence-electron chi connectivity index (χ3n) is 7.01. The molecule has 2 fully saturated rings. The zero-order valence-corrected chi connectivity index (χ0v) is 21.7. The number of hydrogen-bond acceptors (Lipinski definition) is 4. The van der Waals surface area contributed by atoms with Crippen molar-refractivity contribution in [2.45, 2.75) is 44.7 Å². The maximum atomic E-state index is 13.9. The maximum Gasteiger partial charge on any atom is 0.258 e.